The van der Waals surface area contributed by atoms with Gasteiger partial charge in [-0.3, -0.25) is 0 Å². The van der Waals surface area contributed by atoms with Gasteiger partial charge in [0.05, 0.1) is 7.11 Å². The van der Waals surface area contributed by atoms with Crippen LogP contribution in [0.3, 0.4) is 0 Å². The van der Waals surface area contributed by atoms with Crippen LogP contribution >= 0.6 is 28.3 Å². The number of halogens is 2. The predicted molar refractivity (Wildman–Crippen MR) is 68.2 cm³/mol. The Morgan fingerprint density at radius 2 is 2.27 bits per heavy atom. The summed E-state index contributed by atoms with van der Waals surface area (Å²) in [5.41, 5.74) is 1.36. The van der Waals surface area contributed by atoms with Crippen molar-refractivity contribution in [3.8, 4) is 5.75 Å². The Bertz CT molecular complexity index is 326. The van der Waals surface area contributed by atoms with Gasteiger partial charge in [0.15, 0.2) is 0 Å². The zero-order valence-corrected chi connectivity index (χ0v) is 11.0. The minimum absolute atomic E-state index is 0. The molecule has 1 fully saturated rings. The summed E-state index contributed by atoms with van der Waals surface area (Å²) in [5.74, 6) is 1.56. The molecule has 0 amide bonds. The molecule has 0 aromatic heterocycles. The molecule has 0 aliphatic carbocycles. The van der Waals surface area contributed by atoms with Gasteiger partial charge in [0, 0.05) is 11.0 Å². The van der Waals surface area contributed by atoms with Gasteiger partial charge in [-0.05, 0) is 42.6 Å². The first kappa shape index (κ1) is 12.8. The first-order valence-electron chi connectivity index (χ1n) is 4.85. The zero-order valence-electron chi connectivity index (χ0n) is 8.63. The summed E-state index contributed by atoms with van der Waals surface area (Å²) in [7, 11) is 1.71. The highest BCUT2D eigenvalue weighted by atomic mass is 79.9. The molecule has 84 valence electrons. The lowest BCUT2D eigenvalue weighted by molar-refractivity contribution is 0.413. The summed E-state index contributed by atoms with van der Waals surface area (Å²) in [6.07, 6.45) is 1.21. The molecular formula is C11H15BrClNO. The predicted octanol–water partition coefficient (Wildman–Crippen LogP) is 2.96. The van der Waals surface area contributed by atoms with Gasteiger partial charge in [-0.15, -0.1) is 12.4 Å². The third kappa shape index (κ3) is 2.86. The lowest BCUT2D eigenvalue weighted by Gasteiger charge is -2.12. The Morgan fingerprint density at radius 1 is 1.47 bits per heavy atom. The number of nitrogens with one attached hydrogen (secondary N) is 1. The van der Waals surface area contributed by atoms with Gasteiger partial charge in [0.2, 0.25) is 0 Å². The molecule has 0 saturated carbocycles. The first-order chi connectivity index (χ1) is 6.81. The normalized spacial score (nSPS) is 19.7. The van der Waals surface area contributed by atoms with Crippen molar-refractivity contribution in [1.82, 2.24) is 5.32 Å². The zero-order chi connectivity index (χ0) is 9.97. The second-order valence-electron chi connectivity index (χ2n) is 3.58. The van der Waals surface area contributed by atoms with E-state index in [9.17, 15) is 0 Å². The van der Waals surface area contributed by atoms with Gasteiger partial charge in [-0.2, -0.15) is 0 Å². The third-order valence-corrected chi connectivity index (χ3v) is 3.43. The molecule has 15 heavy (non-hydrogen) atoms. The second-order valence-corrected chi connectivity index (χ2v) is 4.43. The molecule has 0 radical (unpaired) electrons. The molecule has 1 unspecified atom stereocenters. The molecule has 1 atom stereocenters. The van der Waals surface area contributed by atoms with E-state index in [0.29, 0.717) is 5.92 Å². The van der Waals surface area contributed by atoms with E-state index in [1.165, 1.54) is 16.5 Å². The van der Waals surface area contributed by atoms with Crippen molar-refractivity contribution in [2.75, 3.05) is 20.2 Å². The van der Waals surface area contributed by atoms with Gasteiger partial charge < -0.3 is 10.1 Å². The number of rotatable bonds is 2. The maximum absolute atomic E-state index is 5.23. The smallest absolute Gasteiger partial charge is 0.119 e. The molecule has 2 rings (SSSR count). The standard InChI is InChI=1S/C11H14BrNO.ClH/c1-14-9-2-3-11(12)10(6-9)8-4-5-13-7-8;/h2-3,6,8,13H,4-5,7H2,1H3;1H. The van der Waals surface area contributed by atoms with E-state index < -0.39 is 0 Å². The molecule has 1 saturated heterocycles. The van der Waals surface area contributed by atoms with Crippen LogP contribution < -0.4 is 10.1 Å². The van der Waals surface area contributed by atoms with Crippen LogP contribution in [-0.2, 0) is 0 Å². The van der Waals surface area contributed by atoms with Gasteiger partial charge in [0.25, 0.3) is 0 Å². The van der Waals surface area contributed by atoms with E-state index in [2.05, 4.69) is 33.4 Å². The van der Waals surface area contributed by atoms with Crippen molar-refractivity contribution >= 4 is 28.3 Å². The van der Waals surface area contributed by atoms with Crippen molar-refractivity contribution < 1.29 is 4.74 Å². The van der Waals surface area contributed by atoms with E-state index in [1.807, 2.05) is 6.07 Å². The molecule has 0 spiro atoms. The fourth-order valence-corrected chi connectivity index (χ4v) is 2.45. The van der Waals surface area contributed by atoms with Gasteiger partial charge in [0.1, 0.15) is 5.75 Å². The fraction of sp³-hybridized carbons (Fsp3) is 0.455. The second kappa shape index (κ2) is 5.73. The number of hydrogen-bond acceptors (Lipinski definition) is 2. The summed E-state index contributed by atoms with van der Waals surface area (Å²) in [4.78, 5) is 0. The third-order valence-electron chi connectivity index (χ3n) is 2.70. The SMILES string of the molecule is COc1ccc(Br)c(C2CCNC2)c1.Cl. The Balaban J connectivity index is 0.00000112. The highest BCUT2D eigenvalue weighted by molar-refractivity contribution is 9.10. The van der Waals surface area contributed by atoms with Crippen LogP contribution in [-0.4, -0.2) is 20.2 Å². The largest absolute Gasteiger partial charge is 0.497 e. The monoisotopic (exact) mass is 291 g/mol. The molecule has 4 heteroatoms. The average molecular weight is 293 g/mol. The molecule has 1 aromatic carbocycles. The number of ether oxygens (including phenoxy) is 1. The molecule has 1 aromatic rings. The van der Waals surface area contributed by atoms with Crippen molar-refractivity contribution in [1.29, 1.82) is 0 Å². The van der Waals surface area contributed by atoms with Crippen molar-refractivity contribution in [3.63, 3.8) is 0 Å². The Labute approximate surface area is 105 Å². The summed E-state index contributed by atoms with van der Waals surface area (Å²) in [6, 6.07) is 6.17. The minimum Gasteiger partial charge on any atom is -0.497 e. The van der Waals surface area contributed by atoms with Crippen LogP contribution in [0.5, 0.6) is 5.75 Å². The topological polar surface area (TPSA) is 21.3 Å². The maximum Gasteiger partial charge on any atom is 0.119 e. The van der Waals surface area contributed by atoms with Crippen LogP contribution in [0.4, 0.5) is 0 Å². The quantitative estimate of drug-likeness (QED) is 0.905. The number of benzene rings is 1. The summed E-state index contributed by atoms with van der Waals surface area (Å²) in [6.45, 7) is 2.19. The average Bonchev–Trinajstić information content (AvgIpc) is 2.71. The van der Waals surface area contributed by atoms with Crippen LogP contribution in [0.15, 0.2) is 22.7 Å². The Hall–Kier alpha value is -0.250. The van der Waals surface area contributed by atoms with Crippen molar-refractivity contribution in [3.05, 3.63) is 28.2 Å². The van der Waals surface area contributed by atoms with Gasteiger partial charge in [-0.25, -0.2) is 0 Å². The van der Waals surface area contributed by atoms with E-state index in [-0.39, 0.29) is 12.4 Å². The number of hydrogen-bond donors (Lipinski definition) is 1. The van der Waals surface area contributed by atoms with Gasteiger partial charge in [-0.1, -0.05) is 15.9 Å². The molecule has 2 nitrogen and oxygen atoms in total. The Kier molecular flexibility index (Phi) is 4.90. The lowest BCUT2D eigenvalue weighted by atomic mass is 9.98. The van der Waals surface area contributed by atoms with Crippen LogP contribution in [0.25, 0.3) is 0 Å². The minimum atomic E-state index is 0. The van der Waals surface area contributed by atoms with E-state index >= 15 is 0 Å². The van der Waals surface area contributed by atoms with Crippen molar-refractivity contribution in [2.24, 2.45) is 0 Å². The van der Waals surface area contributed by atoms with E-state index in [4.69, 9.17) is 4.74 Å². The summed E-state index contributed by atoms with van der Waals surface area (Å²) >= 11 is 3.59. The highest BCUT2D eigenvalue weighted by Crippen LogP contribution is 2.31. The lowest BCUT2D eigenvalue weighted by Crippen LogP contribution is -2.08. The number of methoxy groups -OCH3 is 1. The first-order valence-corrected chi connectivity index (χ1v) is 5.64. The van der Waals surface area contributed by atoms with Crippen LogP contribution in [0, 0.1) is 0 Å². The van der Waals surface area contributed by atoms with E-state index in [0.717, 1.165) is 18.8 Å². The molecule has 1 N–H and O–H groups in total. The van der Waals surface area contributed by atoms with Crippen molar-refractivity contribution in [2.45, 2.75) is 12.3 Å². The van der Waals surface area contributed by atoms with Crippen LogP contribution in [0.1, 0.15) is 17.9 Å². The molecule has 1 aliphatic heterocycles. The maximum atomic E-state index is 5.23. The Morgan fingerprint density at radius 3 is 2.87 bits per heavy atom. The fourth-order valence-electron chi connectivity index (χ4n) is 1.88. The molecule has 1 heterocycles. The molecular weight excluding hydrogens is 277 g/mol. The molecule has 0 bridgehead atoms. The summed E-state index contributed by atoms with van der Waals surface area (Å²) in [5, 5.41) is 3.37. The molecule has 1 aliphatic rings. The highest BCUT2D eigenvalue weighted by Gasteiger charge is 2.19. The summed E-state index contributed by atoms with van der Waals surface area (Å²) < 4.78 is 6.42. The van der Waals surface area contributed by atoms with Gasteiger partial charge >= 0.3 is 0 Å². The van der Waals surface area contributed by atoms with E-state index in [1.54, 1.807) is 7.11 Å². The van der Waals surface area contributed by atoms with Crippen LogP contribution in [0.2, 0.25) is 0 Å².